The summed E-state index contributed by atoms with van der Waals surface area (Å²) in [7, 11) is 0. The van der Waals surface area contributed by atoms with Gasteiger partial charge in [0.05, 0.1) is 11.9 Å². The molecule has 1 atom stereocenters. The molecule has 1 saturated heterocycles. The van der Waals surface area contributed by atoms with Gasteiger partial charge >= 0.3 is 6.09 Å². The Kier molecular flexibility index (Phi) is 5.42. The lowest BCUT2D eigenvalue weighted by molar-refractivity contribution is 0.0275. The fraction of sp³-hybridized carbons (Fsp3) is 0.550. The van der Waals surface area contributed by atoms with Crippen LogP contribution in [-0.4, -0.2) is 45.8 Å². The van der Waals surface area contributed by atoms with E-state index < -0.39 is 11.1 Å². The van der Waals surface area contributed by atoms with Crippen LogP contribution in [0.15, 0.2) is 18.5 Å². The maximum atomic E-state index is 12.3. The van der Waals surface area contributed by atoms with Crippen LogP contribution in [0, 0.1) is 0 Å². The summed E-state index contributed by atoms with van der Waals surface area (Å²) < 4.78 is 11.6. The Bertz CT molecular complexity index is 889. The summed E-state index contributed by atoms with van der Waals surface area (Å²) in [5.74, 6) is 0.461. The van der Waals surface area contributed by atoms with Crippen LogP contribution in [0.4, 0.5) is 4.79 Å². The van der Waals surface area contributed by atoms with Crippen molar-refractivity contribution in [1.82, 2.24) is 14.9 Å². The number of hydrogen-bond donors (Lipinski definition) is 1. The molecule has 1 aliphatic rings. The van der Waals surface area contributed by atoms with Crippen LogP contribution in [0.25, 0.3) is 10.8 Å². The van der Waals surface area contributed by atoms with Gasteiger partial charge in [0.25, 0.3) is 0 Å². The number of rotatable bonds is 3. The second-order valence-electron chi connectivity index (χ2n) is 8.71. The molecule has 0 bridgehead atoms. The number of hydrogen-bond acceptors (Lipinski definition) is 6. The lowest BCUT2D eigenvalue weighted by atomic mass is 9.93. The van der Waals surface area contributed by atoms with Gasteiger partial charge in [-0.3, -0.25) is 0 Å². The van der Waals surface area contributed by atoms with Crippen LogP contribution in [0.1, 0.15) is 46.6 Å². The maximum absolute atomic E-state index is 12.3. The van der Waals surface area contributed by atoms with Gasteiger partial charge in [0.1, 0.15) is 16.9 Å². The predicted molar refractivity (Wildman–Crippen MR) is 109 cm³/mol. The summed E-state index contributed by atoms with van der Waals surface area (Å²) in [5.41, 5.74) is 6.04. The van der Waals surface area contributed by atoms with Crippen LogP contribution >= 0.6 is 11.6 Å². The zero-order valence-electron chi connectivity index (χ0n) is 17.0. The van der Waals surface area contributed by atoms with E-state index in [0.717, 1.165) is 16.3 Å². The van der Waals surface area contributed by atoms with Crippen LogP contribution in [0.2, 0.25) is 5.15 Å². The van der Waals surface area contributed by atoms with Gasteiger partial charge in [-0.2, -0.15) is 0 Å². The van der Waals surface area contributed by atoms with Crippen LogP contribution < -0.4 is 10.5 Å². The van der Waals surface area contributed by atoms with Crippen molar-refractivity contribution in [2.75, 3.05) is 13.1 Å². The fourth-order valence-corrected chi connectivity index (χ4v) is 3.33. The van der Waals surface area contributed by atoms with E-state index in [-0.39, 0.29) is 12.2 Å². The largest absolute Gasteiger partial charge is 0.472 e. The number of ether oxygens (including phenoxy) is 2. The molecule has 152 valence electrons. The molecule has 7 nitrogen and oxygen atoms in total. The quantitative estimate of drug-likeness (QED) is 0.778. The van der Waals surface area contributed by atoms with Gasteiger partial charge < -0.3 is 20.1 Å². The average molecular weight is 407 g/mol. The monoisotopic (exact) mass is 406 g/mol. The lowest BCUT2D eigenvalue weighted by Gasteiger charge is -2.24. The van der Waals surface area contributed by atoms with Crippen molar-refractivity contribution >= 4 is 28.5 Å². The predicted octanol–water partition coefficient (Wildman–Crippen LogP) is 3.87. The third-order valence-corrected chi connectivity index (χ3v) is 4.68. The van der Waals surface area contributed by atoms with E-state index >= 15 is 0 Å². The first kappa shape index (κ1) is 20.6. The molecule has 1 unspecified atom stereocenters. The van der Waals surface area contributed by atoms with Crippen LogP contribution in [0.5, 0.6) is 5.88 Å². The molecular weight excluding hydrogens is 380 g/mol. The number of likely N-dealkylation sites (tertiary alicyclic amines) is 1. The highest BCUT2D eigenvalue weighted by Gasteiger charge is 2.31. The Morgan fingerprint density at radius 2 is 1.93 bits per heavy atom. The van der Waals surface area contributed by atoms with Crippen molar-refractivity contribution in [3.05, 3.63) is 29.2 Å². The van der Waals surface area contributed by atoms with E-state index in [0.29, 0.717) is 30.5 Å². The minimum absolute atomic E-state index is 0.171. The molecule has 1 amide bonds. The zero-order chi connectivity index (χ0) is 20.7. The standard InChI is InChI=1S/C20H27ClN4O3/c1-19(2,3)28-18(26)25-7-6-12(11-25)27-17-14-9-23-16(21)8-13(14)15(10-24-17)20(4,5)22/h8-10,12H,6-7,11,22H2,1-5H3. The molecular formula is C20H27ClN4O3. The number of nitrogens with zero attached hydrogens (tertiary/aromatic N) is 3. The minimum atomic E-state index is -0.588. The summed E-state index contributed by atoms with van der Waals surface area (Å²) in [5, 5.41) is 1.99. The van der Waals surface area contributed by atoms with Crippen LogP contribution in [0.3, 0.4) is 0 Å². The van der Waals surface area contributed by atoms with Crippen molar-refractivity contribution in [1.29, 1.82) is 0 Å². The Morgan fingerprint density at radius 3 is 2.57 bits per heavy atom. The summed E-state index contributed by atoms with van der Waals surface area (Å²) in [6.45, 7) is 10.4. The highest BCUT2D eigenvalue weighted by atomic mass is 35.5. The molecule has 1 fully saturated rings. The summed E-state index contributed by atoms with van der Waals surface area (Å²) >= 11 is 6.10. The summed E-state index contributed by atoms with van der Waals surface area (Å²) in [4.78, 5) is 22.6. The number of amides is 1. The third kappa shape index (κ3) is 4.64. The highest BCUT2D eigenvalue weighted by Crippen LogP contribution is 2.33. The number of carbonyl (C=O) groups is 1. The van der Waals surface area contributed by atoms with Gasteiger partial charge in [-0.25, -0.2) is 14.8 Å². The Balaban J connectivity index is 1.81. The first-order valence-corrected chi connectivity index (χ1v) is 9.70. The Hall–Kier alpha value is -2.12. The smallest absolute Gasteiger partial charge is 0.410 e. The lowest BCUT2D eigenvalue weighted by Crippen LogP contribution is -2.36. The van der Waals surface area contributed by atoms with E-state index in [2.05, 4.69) is 9.97 Å². The molecule has 0 spiro atoms. The molecule has 0 radical (unpaired) electrons. The Labute approximate surface area is 170 Å². The molecule has 28 heavy (non-hydrogen) atoms. The first-order valence-electron chi connectivity index (χ1n) is 9.32. The molecule has 2 aromatic rings. The van der Waals surface area contributed by atoms with Gasteiger partial charge in [0.15, 0.2) is 0 Å². The van der Waals surface area contributed by atoms with Crippen molar-refractivity contribution in [3.8, 4) is 5.88 Å². The molecule has 1 aliphatic heterocycles. The second-order valence-corrected chi connectivity index (χ2v) is 9.09. The van der Waals surface area contributed by atoms with Crippen molar-refractivity contribution in [2.45, 2.75) is 58.3 Å². The van der Waals surface area contributed by atoms with Crippen LogP contribution in [-0.2, 0) is 10.3 Å². The number of fused-ring (bicyclic) bond motifs is 1. The average Bonchev–Trinajstić information content (AvgIpc) is 3.00. The molecule has 0 aliphatic carbocycles. The third-order valence-electron chi connectivity index (χ3n) is 4.47. The molecule has 2 N–H and O–H groups in total. The van der Waals surface area contributed by atoms with Gasteiger partial charge in [-0.1, -0.05) is 11.6 Å². The van der Waals surface area contributed by atoms with Gasteiger partial charge in [0, 0.05) is 30.9 Å². The van der Waals surface area contributed by atoms with E-state index in [1.54, 1.807) is 23.4 Å². The molecule has 0 saturated carbocycles. The maximum Gasteiger partial charge on any atom is 0.410 e. The van der Waals surface area contributed by atoms with E-state index in [4.69, 9.17) is 26.8 Å². The van der Waals surface area contributed by atoms with Gasteiger partial charge in [-0.15, -0.1) is 0 Å². The van der Waals surface area contributed by atoms with E-state index in [1.807, 2.05) is 34.6 Å². The van der Waals surface area contributed by atoms with Crippen molar-refractivity contribution in [2.24, 2.45) is 5.73 Å². The normalized spacial score (nSPS) is 17.8. The Morgan fingerprint density at radius 1 is 1.21 bits per heavy atom. The number of nitrogens with two attached hydrogens (primary N) is 1. The highest BCUT2D eigenvalue weighted by molar-refractivity contribution is 6.30. The van der Waals surface area contributed by atoms with Gasteiger partial charge in [-0.05, 0) is 51.6 Å². The molecule has 8 heteroatoms. The number of carbonyl (C=O) groups excluding carboxylic acids is 1. The SMILES string of the molecule is CC(C)(C)OC(=O)N1CCC(Oc2ncc(C(C)(C)N)c3cc(Cl)ncc23)C1. The molecule has 2 aromatic heterocycles. The summed E-state index contributed by atoms with van der Waals surface area (Å²) in [6.07, 6.45) is 3.57. The topological polar surface area (TPSA) is 90.6 Å². The first-order chi connectivity index (χ1) is 12.9. The molecule has 0 aromatic carbocycles. The molecule has 3 heterocycles. The summed E-state index contributed by atoms with van der Waals surface area (Å²) in [6, 6.07) is 1.77. The second kappa shape index (κ2) is 7.37. The number of pyridine rings is 2. The number of halogens is 1. The van der Waals surface area contributed by atoms with Crippen molar-refractivity contribution < 1.29 is 14.3 Å². The van der Waals surface area contributed by atoms with E-state index in [9.17, 15) is 4.79 Å². The minimum Gasteiger partial charge on any atom is -0.472 e. The number of aromatic nitrogens is 2. The molecule has 3 rings (SSSR count). The van der Waals surface area contributed by atoms with Gasteiger partial charge in [0.2, 0.25) is 5.88 Å². The van der Waals surface area contributed by atoms with Crippen molar-refractivity contribution in [3.63, 3.8) is 0 Å². The van der Waals surface area contributed by atoms with E-state index in [1.165, 1.54) is 0 Å². The zero-order valence-corrected chi connectivity index (χ0v) is 17.7. The fourth-order valence-electron chi connectivity index (χ4n) is 3.17.